The van der Waals surface area contributed by atoms with E-state index >= 15 is 0 Å². The second-order valence-corrected chi connectivity index (χ2v) is 13.8. The monoisotopic (exact) mass is 532 g/mol. The van der Waals surface area contributed by atoms with Crippen LogP contribution in [0.5, 0.6) is 0 Å². The number of esters is 2. The van der Waals surface area contributed by atoms with Gasteiger partial charge in [-0.15, -0.1) is 0 Å². The number of carbonyl (C=O) groups excluding carboxylic acids is 3. The molecule has 0 aromatic heterocycles. The Morgan fingerprint density at radius 1 is 1.00 bits per heavy atom. The summed E-state index contributed by atoms with van der Waals surface area (Å²) in [7, 11) is 0. The highest BCUT2D eigenvalue weighted by atomic mass is 16.7. The Hall–Kier alpha value is -1.47. The maximum atomic E-state index is 14.3. The molecule has 7 heteroatoms. The Morgan fingerprint density at radius 3 is 2.42 bits per heavy atom. The van der Waals surface area contributed by atoms with Crippen molar-refractivity contribution in [2.45, 2.75) is 117 Å². The molecule has 2 aliphatic heterocycles. The molecule has 0 amide bonds. The van der Waals surface area contributed by atoms with Crippen molar-refractivity contribution in [3.63, 3.8) is 0 Å². The average molecular weight is 533 g/mol. The van der Waals surface area contributed by atoms with Crippen molar-refractivity contribution >= 4 is 17.7 Å². The predicted octanol–water partition coefficient (Wildman–Crippen LogP) is 5.48. The van der Waals surface area contributed by atoms with E-state index in [4.69, 9.17) is 18.9 Å². The standard InChI is InChI=1S/C31H48O7/c1-18-9-12-31(36-17-18)19(2)27-26(38-31)16-25(30(27,6)13-14-35-20(3)32)24-8-7-22-15-23(37-21(4)33)10-11-29(22,5)28(24)34/h18-19,22-27H,7-17H2,1-6H3/t18-,19+,22+,23+,24?,25?,26+,27+,29+,30+,31-/m1/s1. The van der Waals surface area contributed by atoms with Gasteiger partial charge in [-0.05, 0) is 80.5 Å². The summed E-state index contributed by atoms with van der Waals surface area (Å²) in [5.41, 5.74) is -0.557. The van der Waals surface area contributed by atoms with Crippen molar-refractivity contribution in [3.05, 3.63) is 0 Å². The molecule has 214 valence electrons. The van der Waals surface area contributed by atoms with Crippen LogP contribution in [0, 0.1) is 46.3 Å². The first-order chi connectivity index (χ1) is 17.9. The molecule has 0 N–H and O–H groups in total. The van der Waals surface area contributed by atoms with Crippen molar-refractivity contribution in [2.75, 3.05) is 13.2 Å². The van der Waals surface area contributed by atoms with Gasteiger partial charge in [-0.1, -0.05) is 27.7 Å². The first-order valence-corrected chi connectivity index (χ1v) is 15.1. The van der Waals surface area contributed by atoms with Crippen LogP contribution in [-0.4, -0.2) is 48.9 Å². The second kappa shape index (κ2) is 10.2. The summed E-state index contributed by atoms with van der Waals surface area (Å²) >= 11 is 0. The van der Waals surface area contributed by atoms with Crippen LogP contribution in [0.15, 0.2) is 0 Å². The van der Waals surface area contributed by atoms with E-state index < -0.39 is 5.79 Å². The third-order valence-electron chi connectivity index (χ3n) is 11.6. The van der Waals surface area contributed by atoms with Gasteiger partial charge in [0.25, 0.3) is 0 Å². The van der Waals surface area contributed by atoms with Crippen LogP contribution in [0.2, 0.25) is 0 Å². The SMILES string of the molecule is CC(=O)OCC[C@@]1(C)C(C2CC[C@H]3C[C@@H](OC(C)=O)CC[C@]3(C)C2=O)C[C@@H]2O[C@]3(CC[C@@H](C)CO3)[C@@H](C)[C@@H]21. The number of rotatable bonds is 5. The second-order valence-electron chi connectivity index (χ2n) is 13.8. The van der Waals surface area contributed by atoms with Crippen molar-refractivity contribution in [1.29, 1.82) is 0 Å². The van der Waals surface area contributed by atoms with E-state index in [1.165, 1.54) is 13.8 Å². The van der Waals surface area contributed by atoms with Gasteiger partial charge in [0.2, 0.25) is 0 Å². The van der Waals surface area contributed by atoms with Crippen molar-refractivity contribution in [2.24, 2.45) is 46.3 Å². The number of hydrogen-bond donors (Lipinski definition) is 0. The number of hydrogen-bond acceptors (Lipinski definition) is 7. The lowest BCUT2D eigenvalue weighted by molar-refractivity contribution is -0.272. The number of ketones is 1. The van der Waals surface area contributed by atoms with Gasteiger partial charge in [-0.25, -0.2) is 0 Å². The van der Waals surface area contributed by atoms with E-state index in [1.807, 2.05) is 0 Å². The molecule has 5 rings (SSSR count). The number of carbonyl (C=O) groups is 3. The lowest BCUT2D eigenvalue weighted by Crippen LogP contribution is -2.53. The highest BCUT2D eigenvalue weighted by Crippen LogP contribution is 2.66. The van der Waals surface area contributed by atoms with Gasteiger partial charge in [0.15, 0.2) is 5.79 Å². The van der Waals surface area contributed by atoms with Crippen LogP contribution in [0.3, 0.4) is 0 Å². The van der Waals surface area contributed by atoms with Gasteiger partial charge < -0.3 is 18.9 Å². The molecule has 2 unspecified atom stereocenters. The zero-order chi connectivity index (χ0) is 27.5. The smallest absolute Gasteiger partial charge is 0.302 e. The zero-order valence-corrected chi connectivity index (χ0v) is 24.3. The summed E-state index contributed by atoms with van der Waals surface area (Å²) < 4.78 is 24.3. The molecule has 2 saturated heterocycles. The fraction of sp³-hybridized carbons (Fsp3) is 0.903. The van der Waals surface area contributed by atoms with Gasteiger partial charge in [-0.3, -0.25) is 14.4 Å². The molecule has 3 saturated carbocycles. The topological polar surface area (TPSA) is 88.1 Å². The number of Topliss-reactive ketones (excluding diaryl/α,β-unsaturated/α-hetero) is 1. The lowest BCUT2D eigenvalue weighted by atomic mass is 9.52. The molecular formula is C31H48O7. The largest absolute Gasteiger partial charge is 0.466 e. The van der Waals surface area contributed by atoms with Crippen LogP contribution >= 0.6 is 0 Å². The van der Waals surface area contributed by atoms with E-state index in [1.54, 1.807) is 0 Å². The first kappa shape index (κ1) is 28.1. The molecule has 5 fully saturated rings. The normalized spacial score (nSPS) is 48.4. The van der Waals surface area contributed by atoms with Crippen LogP contribution in [0.4, 0.5) is 0 Å². The van der Waals surface area contributed by atoms with E-state index in [9.17, 15) is 14.4 Å². The Balaban J connectivity index is 1.38. The molecule has 38 heavy (non-hydrogen) atoms. The maximum Gasteiger partial charge on any atom is 0.302 e. The molecule has 5 aliphatic rings. The fourth-order valence-electron chi connectivity index (χ4n) is 9.50. The van der Waals surface area contributed by atoms with Crippen LogP contribution in [0.1, 0.15) is 99.3 Å². The zero-order valence-electron chi connectivity index (χ0n) is 24.3. The minimum atomic E-state index is -0.530. The van der Waals surface area contributed by atoms with Gasteiger partial charge in [-0.2, -0.15) is 0 Å². The van der Waals surface area contributed by atoms with Crippen molar-refractivity contribution < 1.29 is 33.3 Å². The molecule has 1 spiro atoms. The molecule has 0 aromatic carbocycles. The Bertz CT molecular complexity index is 939. The van der Waals surface area contributed by atoms with E-state index in [2.05, 4.69) is 27.7 Å². The predicted molar refractivity (Wildman–Crippen MR) is 141 cm³/mol. The summed E-state index contributed by atoms with van der Waals surface area (Å²) in [6.07, 6.45) is 7.76. The van der Waals surface area contributed by atoms with Crippen LogP contribution < -0.4 is 0 Å². The highest BCUT2D eigenvalue weighted by molar-refractivity contribution is 5.88. The summed E-state index contributed by atoms with van der Waals surface area (Å²) in [4.78, 5) is 37.6. The van der Waals surface area contributed by atoms with Crippen molar-refractivity contribution in [3.8, 4) is 0 Å². The summed E-state index contributed by atoms with van der Waals surface area (Å²) in [5, 5.41) is 0. The van der Waals surface area contributed by atoms with E-state index in [-0.39, 0.29) is 64.6 Å². The average Bonchev–Trinajstić information content (AvgIpc) is 3.27. The van der Waals surface area contributed by atoms with Gasteiger partial charge in [0.05, 0.1) is 19.3 Å². The van der Waals surface area contributed by atoms with Gasteiger partial charge >= 0.3 is 11.9 Å². The minimum absolute atomic E-state index is 0.0199. The molecule has 3 aliphatic carbocycles. The Labute approximate surface area is 228 Å². The highest BCUT2D eigenvalue weighted by Gasteiger charge is 2.67. The van der Waals surface area contributed by atoms with E-state index in [0.717, 1.165) is 64.4 Å². The lowest BCUT2D eigenvalue weighted by Gasteiger charge is -2.52. The molecule has 2 heterocycles. The third-order valence-corrected chi connectivity index (χ3v) is 11.6. The van der Waals surface area contributed by atoms with E-state index in [0.29, 0.717) is 18.3 Å². The third kappa shape index (κ3) is 4.63. The molecule has 11 atom stereocenters. The summed E-state index contributed by atoms with van der Waals surface area (Å²) in [6.45, 7) is 13.0. The van der Waals surface area contributed by atoms with Crippen LogP contribution in [0.25, 0.3) is 0 Å². The summed E-state index contributed by atoms with van der Waals surface area (Å²) in [6, 6.07) is 0. The number of ether oxygens (including phenoxy) is 4. The van der Waals surface area contributed by atoms with Crippen LogP contribution in [-0.2, 0) is 33.3 Å². The number of fused-ring (bicyclic) bond motifs is 2. The Kier molecular flexibility index (Phi) is 7.52. The van der Waals surface area contributed by atoms with Gasteiger partial charge in [0, 0.05) is 37.5 Å². The fourth-order valence-corrected chi connectivity index (χ4v) is 9.50. The molecular weight excluding hydrogens is 484 g/mol. The quantitative estimate of drug-likeness (QED) is 0.434. The maximum absolute atomic E-state index is 14.3. The van der Waals surface area contributed by atoms with Gasteiger partial charge in [0.1, 0.15) is 11.9 Å². The molecule has 0 aromatic rings. The molecule has 0 bridgehead atoms. The van der Waals surface area contributed by atoms with Crippen molar-refractivity contribution in [1.82, 2.24) is 0 Å². The molecule has 7 nitrogen and oxygen atoms in total. The minimum Gasteiger partial charge on any atom is -0.466 e. The summed E-state index contributed by atoms with van der Waals surface area (Å²) in [5.74, 6) is 0.816. The Morgan fingerprint density at radius 2 is 1.76 bits per heavy atom. The first-order valence-electron chi connectivity index (χ1n) is 15.1. The molecule has 0 radical (unpaired) electrons.